The zero-order chi connectivity index (χ0) is 10.5. The maximum absolute atomic E-state index is 5.59. The Labute approximate surface area is 97.7 Å². The second-order valence-electron chi connectivity index (χ2n) is 6.37. The van der Waals surface area contributed by atoms with E-state index in [1.165, 1.54) is 51.4 Å². The lowest BCUT2D eigenvalue weighted by Crippen LogP contribution is -2.13. The van der Waals surface area contributed by atoms with Crippen LogP contribution in [-0.2, 0) is 9.47 Å². The summed E-state index contributed by atoms with van der Waals surface area (Å²) in [6, 6.07) is 0. The van der Waals surface area contributed by atoms with Crippen LogP contribution in [0.25, 0.3) is 0 Å². The zero-order valence-electron chi connectivity index (χ0n) is 9.94. The van der Waals surface area contributed by atoms with Gasteiger partial charge in [0, 0.05) is 0 Å². The summed E-state index contributed by atoms with van der Waals surface area (Å²) >= 11 is 0. The molecule has 2 nitrogen and oxygen atoms in total. The summed E-state index contributed by atoms with van der Waals surface area (Å²) in [6.45, 7) is 0. The Morgan fingerprint density at radius 1 is 0.688 bits per heavy atom. The van der Waals surface area contributed by atoms with Crippen LogP contribution in [0.4, 0.5) is 0 Å². The Morgan fingerprint density at radius 3 is 2.12 bits per heavy atom. The van der Waals surface area contributed by atoms with Crippen molar-refractivity contribution in [2.24, 2.45) is 11.8 Å². The zero-order valence-corrected chi connectivity index (χ0v) is 9.94. The molecule has 2 saturated heterocycles. The molecule has 0 bridgehead atoms. The fourth-order valence-electron chi connectivity index (χ4n) is 4.03. The van der Waals surface area contributed by atoms with Gasteiger partial charge in [-0.2, -0.15) is 0 Å². The fourth-order valence-corrected chi connectivity index (χ4v) is 4.03. The highest BCUT2D eigenvalue weighted by Gasteiger charge is 2.47. The van der Waals surface area contributed by atoms with Crippen molar-refractivity contribution in [2.75, 3.05) is 0 Å². The van der Waals surface area contributed by atoms with Gasteiger partial charge in [0.15, 0.2) is 0 Å². The monoisotopic (exact) mass is 222 g/mol. The van der Waals surface area contributed by atoms with Crippen molar-refractivity contribution in [1.82, 2.24) is 0 Å². The van der Waals surface area contributed by atoms with Gasteiger partial charge in [-0.3, -0.25) is 0 Å². The molecular formula is C14H22O2. The first-order valence-electron chi connectivity index (χ1n) is 7.19. The molecule has 2 saturated carbocycles. The van der Waals surface area contributed by atoms with Crippen LogP contribution >= 0.6 is 0 Å². The van der Waals surface area contributed by atoms with Gasteiger partial charge in [-0.1, -0.05) is 19.3 Å². The van der Waals surface area contributed by atoms with E-state index in [-0.39, 0.29) is 0 Å². The Bertz CT molecular complexity index is 268. The van der Waals surface area contributed by atoms with Gasteiger partial charge in [-0.25, -0.2) is 0 Å². The minimum atomic E-state index is 0.672. The molecule has 4 aliphatic rings. The van der Waals surface area contributed by atoms with Crippen molar-refractivity contribution in [2.45, 2.75) is 75.8 Å². The second-order valence-corrected chi connectivity index (χ2v) is 6.37. The van der Waals surface area contributed by atoms with Crippen LogP contribution in [0.2, 0.25) is 0 Å². The predicted octanol–water partition coefficient (Wildman–Crippen LogP) is 2.90. The molecule has 0 aromatic carbocycles. The average Bonchev–Trinajstić information content (AvgIpc) is 3.17. The number of hydrogen-bond acceptors (Lipinski definition) is 2. The van der Waals surface area contributed by atoms with Gasteiger partial charge in [0.1, 0.15) is 0 Å². The first-order valence-corrected chi connectivity index (χ1v) is 7.19. The van der Waals surface area contributed by atoms with Crippen molar-refractivity contribution in [1.29, 1.82) is 0 Å². The van der Waals surface area contributed by atoms with E-state index >= 15 is 0 Å². The minimum Gasteiger partial charge on any atom is -0.370 e. The third-order valence-electron chi connectivity index (χ3n) is 5.16. The molecule has 0 radical (unpaired) electrons. The number of epoxide rings is 2. The largest absolute Gasteiger partial charge is 0.370 e. The summed E-state index contributed by atoms with van der Waals surface area (Å²) in [5.74, 6) is 1.98. The summed E-state index contributed by atoms with van der Waals surface area (Å²) in [4.78, 5) is 0. The summed E-state index contributed by atoms with van der Waals surface area (Å²) in [6.07, 6.45) is 13.9. The Hall–Kier alpha value is -0.0800. The lowest BCUT2D eigenvalue weighted by molar-refractivity contribution is 0.255. The van der Waals surface area contributed by atoms with E-state index in [2.05, 4.69) is 0 Å². The molecule has 2 aliphatic carbocycles. The van der Waals surface area contributed by atoms with Crippen molar-refractivity contribution in [3.8, 4) is 0 Å². The van der Waals surface area contributed by atoms with Gasteiger partial charge in [0.05, 0.1) is 24.4 Å². The molecule has 0 amide bonds. The molecule has 5 atom stereocenters. The molecule has 2 heterocycles. The van der Waals surface area contributed by atoms with Crippen molar-refractivity contribution < 1.29 is 9.47 Å². The summed E-state index contributed by atoms with van der Waals surface area (Å²) in [5.41, 5.74) is 0. The van der Waals surface area contributed by atoms with Crippen LogP contribution in [0, 0.1) is 11.8 Å². The molecule has 90 valence electrons. The Morgan fingerprint density at radius 2 is 1.31 bits per heavy atom. The van der Waals surface area contributed by atoms with E-state index in [9.17, 15) is 0 Å². The molecule has 0 spiro atoms. The SMILES string of the molecule is C(CC1CCC2OC2C1)CC1CC2OC2C1. The minimum absolute atomic E-state index is 0.672. The summed E-state index contributed by atoms with van der Waals surface area (Å²) in [5, 5.41) is 0. The summed E-state index contributed by atoms with van der Waals surface area (Å²) in [7, 11) is 0. The molecule has 2 heteroatoms. The number of fused-ring (bicyclic) bond motifs is 2. The van der Waals surface area contributed by atoms with Gasteiger partial charge in [0.25, 0.3) is 0 Å². The first-order chi connectivity index (χ1) is 7.88. The Kier molecular flexibility index (Phi) is 2.29. The predicted molar refractivity (Wildman–Crippen MR) is 61.2 cm³/mol. The highest BCUT2D eigenvalue weighted by atomic mass is 16.6. The fraction of sp³-hybridized carbons (Fsp3) is 1.00. The van der Waals surface area contributed by atoms with E-state index in [0.29, 0.717) is 24.4 Å². The van der Waals surface area contributed by atoms with Gasteiger partial charge in [-0.05, 0) is 43.9 Å². The van der Waals surface area contributed by atoms with Crippen molar-refractivity contribution in [3.63, 3.8) is 0 Å². The lowest BCUT2D eigenvalue weighted by atomic mass is 9.84. The van der Waals surface area contributed by atoms with Gasteiger partial charge in [-0.15, -0.1) is 0 Å². The standard InChI is InChI=1S/C14H22O2/c1(3-10-7-13-14(8-10)16-13)2-9-4-5-11-12(6-9)15-11/h9-14H,1-8H2. The molecule has 16 heavy (non-hydrogen) atoms. The van der Waals surface area contributed by atoms with Crippen LogP contribution in [0.3, 0.4) is 0 Å². The van der Waals surface area contributed by atoms with Crippen LogP contribution in [0.5, 0.6) is 0 Å². The van der Waals surface area contributed by atoms with Gasteiger partial charge < -0.3 is 9.47 Å². The Balaban J connectivity index is 1.16. The maximum atomic E-state index is 5.59. The smallest absolute Gasteiger partial charge is 0.0844 e. The molecule has 4 rings (SSSR count). The summed E-state index contributed by atoms with van der Waals surface area (Å²) < 4.78 is 11.1. The van der Waals surface area contributed by atoms with Crippen molar-refractivity contribution in [3.05, 3.63) is 0 Å². The molecular weight excluding hydrogens is 200 g/mol. The van der Waals surface area contributed by atoms with Crippen LogP contribution in [-0.4, -0.2) is 24.4 Å². The van der Waals surface area contributed by atoms with E-state index < -0.39 is 0 Å². The highest BCUT2D eigenvalue weighted by Crippen LogP contribution is 2.45. The third kappa shape index (κ3) is 1.91. The quantitative estimate of drug-likeness (QED) is 0.683. The lowest BCUT2D eigenvalue weighted by Gasteiger charge is -2.19. The molecule has 0 N–H and O–H groups in total. The normalized spacial score (nSPS) is 53.2. The average molecular weight is 222 g/mol. The highest BCUT2D eigenvalue weighted by molar-refractivity contribution is 4.96. The van der Waals surface area contributed by atoms with E-state index in [1.807, 2.05) is 0 Å². The maximum Gasteiger partial charge on any atom is 0.0844 e. The molecule has 4 fully saturated rings. The van der Waals surface area contributed by atoms with Crippen LogP contribution in [0.1, 0.15) is 51.4 Å². The van der Waals surface area contributed by atoms with E-state index in [4.69, 9.17) is 9.47 Å². The molecule has 0 aromatic rings. The van der Waals surface area contributed by atoms with Crippen molar-refractivity contribution >= 4 is 0 Å². The number of hydrogen-bond donors (Lipinski definition) is 0. The first kappa shape index (κ1) is 9.90. The molecule has 0 aromatic heterocycles. The molecule has 5 unspecified atom stereocenters. The molecule has 2 aliphatic heterocycles. The van der Waals surface area contributed by atoms with Gasteiger partial charge in [0.2, 0.25) is 0 Å². The van der Waals surface area contributed by atoms with Crippen LogP contribution < -0.4 is 0 Å². The number of rotatable bonds is 4. The number of ether oxygens (including phenoxy) is 2. The van der Waals surface area contributed by atoms with E-state index in [1.54, 1.807) is 0 Å². The van der Waals surface area contributed by atoms with Crippen LogP contribution in [0.15, 0.2) is 0 Å². The third-order valence-corrected chi connectivity index (χ3v) is 5.16. The van der Waals surface area contributed by atoms with Gasteiger partial charge >= 0.3 is 0 Å². The topological polar surface area (TPSA) is 25.1 Å². The second kappa shape index (κ2) is 3.71. The van der Waals surface area contributed by atoms with E-state index in [0.717, 1.165) is 11.8 Å².